The summed E-state index contributed by atoms with van der Waals surface area (Å²) in [4.78, 5) is 6.74. The van der Waals surface area contributed by atoms with Gasteiger partial charge in [-0.3, -0.25) is 4.98 Å². The number of aromatic nitrogens is 2. The molecule has 7 heteroatoms. The van der Waals surface area contributed by atoms with Gasteiger partial charge < -0.3 is 24.6 Å². The van der Waals surface area contributed by atoms with Crippen LogP contribution in [-0.2, 0) is 0 Å². The normalized spacial score (nSPS) is 17.9. The molecular formula is C25H22N4O2S. The molecule has 1 fully saturated rings. The quantitative estimate of drug-likeness (QED) is 0.435. The summed E-state index contributed by atoms with van der Waals surface area (Å²) in [5, 5.41) is 13.8. The van der Waals surface area contributed by atoms with Crippen LogP contribution in [0.4, 0.5) is 5.69 Å². The van der Waals surface area contributed by atoms with E-state index in [1.165, 1.54) is 0 Å². The molecule has 5 rings (SSSR count). The number of benzene rings is 2. The van der Waals surface area contributed by atoms with Crippen LogP contribution in [0, 0.1) is 0 Å². The van der Waals surface area contributed by atoms with E-state index in [1.54, 1.807) is 25.4 Å². The average Bonchev–Trinajstić information content (AvgIpc) is 3.44. The molecule has 3 heterocycles. The SMILES string of the molecule is COc1ccc(N2C(=S)N[C@@H](c3ccccn3)[C@@H]2c2cccn2-c2ccc(O)cc2)cc1. The van der Waals surface area contributed by atoms with Crippen molar-refractivity contribution in [3.63, 3.8) is 0 Å². The van der Waals surface area contributed by atoms with Crippen molar-refractivity contribution < 1.29 is 9.84 Å². The number of ether oxygens (including phenoxy) is 1. The maximum absolute atomic E-state index is 9.73. The fraction of sp³-hybridized carbons (Fsp3) is 0.120. The van der Waals surface area contributed by atoms with Gasteiger partial charge in [-0.05, 0) is 85.0 Å². The first-order chi connectivity index (χ1) is 15.7. The van der Waals surface area contributed by atoms with Crippen molar-refractivity contribution in [3.8, 4) is 17.2 Å². The molecule has 4 aromatic rings. The van der Waals surface area contributed by atoms with Crippen molar-refractivity contribution in [2.45, 2.75) is 12.1 Å². The number of nitrogens with one attached hydrogen (secondary N) is 1. The molecule has 0 radical (unpaired) electrons. The van der Waals surface area contributed by atoms with Crippen molar-refractivity contribution in [3.05, 3.63) is 103 Å². The molecule has 32 heavy (non-hydrogen) atoms. The predicted molar refractivity (Wildman–Crippen MR) is 128 cm³/mol. The maximum atomic E-state index is 9.73. The lowest BCUT2D eigenvalue weighted by Crippen LogP contribution is -2.30. The summed E-state index contributed by atoms with van der Waals surface area (Å²) in [5.41, 5.74) is 3.88. The van der Waals surface area contributed by atoms with Crippen LogP contribution in [0.1, 0.15) is 23.5 Å². The van der Waals surface area contributed by atoms with Gasteiger partial charge in [0.2, 0.25) is 0 Å². The minimum absolute atomic E-state index is 0.142. The minimum atomic E-state index is -0.144. The maximum Gasteiger partial charge on any atom is 0.174 e. The predicted octanol–water partition coefficient (Wildman–Crippen LogP) is 4.76. The number of methoxy groups -OCH3 is 1. The van der Waals surface area contributed by atoms with Crippen molar-refractivity contribution in [1.82, 2.24) is 14.9 Å². The molecule has 1 saturated heterocycles. The number of anilines is 1. The zero-order chi connectivity index (χ0) is 22.1. The number of phenols is 1. The van der Waals surface area contributed by atoms with Gasteiger partial charge in [0, 0.05) is 29.5 Å². The molecule has 2 N–H and O–H groups in total. The van der Waals surface area contributed by atoms with E-state index >= 15 is 0 Å². The van der Waals surface area contributed by atoms with Crippen LogP contribution in [0.3, 0.4) is 0 Å². The summed E-state index contributed by atoms with van der Waals surface area (Å²) in [5.74, 6) is 1.02. The highest BCUT2D eigenvalue weighted by atomic mass is 32.1. The highest BCUT2D eigenvalue weighted by molar-refractivity contribution is 7.80. The Labute approximate surface area is 191 Å². The Kier molecular flexibility index (Phi) is 5.25. The monoisotopic (exact) mass is 442 g/mol. The molecule has 1 aliphatic rings. The number of phenolic OH excluding ortho intramolecular Hbond substituents is 1. The number of hydrogen-bond donors (Lipinski definition) is 2. The van der Waals surface area contributed by atoms with Crippen LogP contribution in [0.25, 0.3) is 5.69 Å². The lowest BCUT2D eigenvalue weighted by Gasteiger charge is -2.29. The first-order valence-electron chi connectivity index (χ1n) is 10.3. The van der Waals surface area contributed by atoms with Crippen LogP contribution in [0.2, 0.25) is 0 Å². The van der Waals surface area contributed by atoms with E-state index < -0.39 is 0 Å². The van der Waals surface area contributed by atoms with Crippen LogP contribution in [0.15, 0.2) is 91.3 Å². The number of aromatic hydroxyl groups is 1. The topological polar surface area (TPSA) is 62.5 Å². The Morgan fingerprint density at radius 1 is 0.938 bits per heavy atom. The highest BCUT2D eigenvalue weighted by Gasteiger charge is 2.42. The van der Waals surface area contributed by atoms with Crippen LogP contribution < -0.4 is 15.0 Å². The Balaban J connectivity index is 1.64. The molecule has 160 valence electrons. The van der Waals surface area contributed by atoms with Gasteiger partial charge in [0.1, 0.15) is 17.5 Å². The van der Waals surface area contributed by atoms with Gasteiger partial charge in [-0.2, -0.15) is 0 Å². The molecule has 2 atom stereocenters. The van der Waals surface area contributed by atoms with Gasteiger partial charge in [0.05, 0.1) is 18.8 Å². The first-order valence-corrected chi connectivity index (χ1v) is 10.7. The van der Waals surface area contributed by atoms with E-state index in [0.717, 1.165) is 28.5 Å². The first kappa shape index (κ1) is 20.1. The lowest BCUT2D eigenvalue weighted by atomic mass is 10.0. The minimum Gasteiger partial charge on any atom is -0.508 e. The Bertz CT molecular complexity index is 1220. The zero-order valence-corrected chi connectivity index (χ0v) is 18.2. The van der Waals surface area contributed by atoms with Gasteiger partial charge in [0.25, 0.3) is 0 Å². The highest BCUT2D eigenvalue weighted by Crippen LogP contribution is 2.42. The van der Waals surface area contributed by atoms with Gasteiger partial charge in [-0.1, -0.05) is 6.07 Å². The fourth-order valence-corrected chi connectivity index (χ4v) is 4.51. The van der Waals surface area contributed by atoms with Crippen molar-refractivity contribution in [2.75, 3.05) is 12.0 Å². The van der Waals surface area contributed by atoms with E-state index in [-0.39, 0.29) is 17.8 Å². The van der Waals surface area contributed by atoms with Crippen LogP contribution in [-0.4, -0.2) is 26.9 Å². The van der Waals surface area contributed by atoms with Gasteiger partial charge in [-0.15, -0.1) is 0 Å². The Morgan fingerprint density at radius 3 is 2.38 bits per heavy atom. The average molecular weight is 443 g/mol. The Hall–Kier alpha value is -3.84. The van der Waals surface area contributed by atoms with Crippen LogP contribution in [0.5, 0.6) is 11.5 Å². The third-order valence-corrected chi connectivity index (χ3v) is 5.97. The second-order valence-corrected chi connectivity index (χ2v) is 7.90. The van der Waals surface area contributed by atoms with Crippen molar-refractivity contribution in [1.29, 1.82) is 0 Å². The fourth-order valence-electron chi connectivity index (χ4n) is 4.16. The van der Waals surface area contributed by atoms with E-state index in [2.05, 4.69) is 25.8 Å². The molecule has 0 bridgehead atoms. The molecule has 0 saturated carbocycles. The number of hydrogen-bond acceptors (Lipinski definition) is 4. The molecule has 0 amide bonds. The zero-order valence-electron chi connectivity index (χ0n) is 17.4. The molecule has 0 spiro atoms. The Morgan fingerprint density at radius 2 is 1.69 bits per heavy atom. The molecule has 0 unspecified atom stereocenters. The summed E-state index contributed by atoms with van der Waals surface area (Å²) >= 11 is 5.80. The summed E-state index contributed by atoms with van der Waals surface area (Å²) in [6.45, 7) is 0. The van der Waals surface area contributed by atoms with Gasteiger partial charge >= 0.3 is 0 Å². The molecule has 0 aliphatic carbocycles. The second kappa shape index (κ2) is 8.36. The van der Waals surface area contributed by atoms with E-state index in [0.29, 0.717) is 5.11 Å². The second-order valence-electron chi connectivity index (χ2n) is 7.51. The van der Waals surface area contributed by atoms with E-state index in [4.69, 9.17) is 17.0 Å². The van der Waals surface area contributed by atoms with Gasteiger partial charge in [-0.25, -0.2) is 0 Å². The summed E-state index contributed by atoms with van der Waals surface area (Å²) in [6, 6.07) is 24.8. The van der Waals surface area contributed by atoms with Crippen molar-refractivity contribution in [2.24, 2.45) is 0 Å². The van der Waals surface area contributed by atoms with E-state index in [1.807, 2.05) is 66.9 Å². The standard InChI is InChI=1S/C25H22N4O2S/c1-31-20-13-9-18(10-14-20)29-24(23(27-25(29)32)21-5-2-3-15-26-21)22-6-4-16-28(22)17-7-11-19(30)12-8-17/h2-16,23-24,30H,1H3,(H,27,32)/t23-,24-/m0/s1. The number of pyridine rings is 1. The number of nitrogens with zero attached hydrogens (tertiary/aromatic N) is 3. The smallest absolute Gasteiger partial charge is 0.174 e. The number of rotatable bonds is 5. The molecule has 6 nitrogen and oxygen atoms in total. The third-order valence-electron chi connectivity index (χ3n) is 5.66. The molecule has 2 aromatic heterocycles. The lowest BCUT2D eigenvalue weighted by molar-refractivity contribution is 0.415. The third kappa shape index (κ3) is 3.56. The van der Waals surface area contributed by atoms with Crippen molar-refractivity contribution >= 4 is 23.0 Å². The molecule has 1 aliphatic heterocycles. The molecular weight excluding hydrogens is 420 g/mol. The number of thiocarbonyl (C=S) groups is 1. The summed E-state index contributed by atoms with van der Waals surface area (Å²) in [6.07, 6.45) is 3.82. The molecule has 2 aromatic carbocycles. The summed E-state index contributed by atoms with van der Waals surface area (Å²) < 4.78 is 7.45. The van der Waals surface area contributed by atoms with Gasteiger partial charge in [0.15, 0.2) is 5.11 Å². The largest absolute Gasteiger partial charge is 0.508 e. The van der Waals surface area contributed by atoms with E-state index in [9.17, 15) is 5.11 Å². The van der Waals surface area contributed by atoms with Crippen LogP contribution >= 0.6 is 12.2 Å². The summed E-state index contributed by atoms with van der Waals surface area (Å²) in [7, 11) is 1.65.